The zero-order valence-corrected chi connectivity index (χ0v) is 5.14. The summed E-state index contributed by atoms with van der Waals surface area (Å²) in [6.45, 7) is 5.50. The van der Waals surface area contributed by atoms with Gasteiger partial charge in [-0.1, -0.05) is 6.92 Å². The summed E-state index contributed by atoms with van der Waals surface area (Å²) in [5.74, 6) is 0. The summed E-state index contributed by atoms with van der Waals surface area (Å²) in [6, 6.07) is 0. The van der Waals surface area contributed by atoms with E-state index in [9.17, 15) is 0 Å². The Morgan fingerprint density at radius 1 is 1.75 bits per heavy atom. The second-order valence-electron chi connectivity index (χ2n) is 0.500. The topological polar surface area (TPSA) is 0 Å². The molecule has 0 bridgehead atoms. The zero-order chi connectivity index (χ0) is 2.71. The first-order valence-electron chi connectivity index (χ1n) is 1.21. The van der Waals surface area contributed by atoms with Gasteiger partial charge in [0, 0.05) is 20.1 Å². The Morgan fingerprint density at radius 3 is 1.75 bits per heavy atom. The van der Waals surface area contributed by atoms with Crippen LogP contribution < -0.4 is 0 Å². The molecule has 0 nitrogen and oxygen atoms in total. The van der Waals surface area contributed by atoms with E-state index in [1.165, 1.54) is 0 Å². The third-order valence-electron chi connectivity index (χ3n) is 0. The summed E-state index contributed by atoms with van der Waals surface area (Å²) in [5, 5.41) is 0. The smallest absolute Gasteiger partial charge is 0 e. The van der Waals surface area contributed by atoms with Crippen molar-refractivity contribution in [2.24, 2.45) is 0 Å². The van der Waals surface area contributed by atoms with Gasteiger partial charge in [-0.05, 0) is 0 Å². The molecule has 0 aromatic rings. The first kappa shape index (κ1) is 8.82. The Balaban J connectivity index is 0. The monoisotopic (exact) mass is 236 g/mol. The first-order valence-corrected chi connectivity index (χ1v) is 1.21. The largest absolute Gasteiger partial charge is 0.344 e. The average molecular weight is 235 g/mol. The van der Waals surface area contributed by atoms with Crippen molar-refractivity contribution in [3.63, 3.8) is 0 Å². The van der Waals surface area contributed by atoms with Crippen molar-refractivity contribution < 1.29 is 20.1 Å². The quantitative estimate of drug-likeness (QED) is 0.554. The van der Waals surface area contributed by atoms with Crippen molar-refractivity contribution >= 4 is 0 Å². The third kappa shape index (κ3) is 17.1. The van der Waals surface area contributed by atoms with E-state index in [1.807, 2.05) is 6.92 Å². The van der Waals surface area contributed by atoms with Crippen LogP contribution >= 0.6 is 0 Å². The molecule has 0 aliphatic heterocycles. The van der Waals surface area contributed by atoms with E-state index in [0.29, 0.717) is 0 Å². The van der Waals surface area contributed by atoms with Gasteiger partial charge in [-0.25, -0.2) is 0 Å². The maximum Gasteiger partial charge on any atom is 0 e. The van der Waals surface area contributed by atoms with Gasteiger partial charge >= 0.3 is 0 Å². The van der Waals surface area contributed by atoms with Crippen molar-refractivity contribution in [2.45, 2.75) is 13.3 Å². The van der Waals surface area contributed by atoms with Crippen molar-refractivity contribution in [1.82, 2.24) is 0 Å². The van der Waals surface area contributed by atoms with E-state index < -0.39 is 0 Å². The molecule has 0 fully saturated rings. The first-order chi connectivity index (χ1) is 1.41. The summed E-state index contributed by atoms with van der Waals surface area (Å²) in [7, 11) is 0. The van der Waals surface area contributed by atoms with Gasteiger partial charge in [0.2, 0.25) is 0 Å². The molecule has 0 N–H and O–H groups in total. The van der Waals surface area contributed by atoms with Gasteiger partial charge in [0.05, 0.1) is 0 Å². The molecule has 1 heteroatoms. The van der Waals surface area contributed by atoms with Crippen molar-refractivity contribution in [1.29, 1.82) is 0 Å². The minimum atomic E-state index is 0. The fraction of sp³-hybridized carbons (Fsp3) is 0.667. The molecule has 0 heterocycles. The molecule has 4 heavy (non-hydrogen) atoms. The zero-order valence-electron chi connectivity index (χ0n) is 2.75. The number of rotatable bonds is 0. The van der Waals surface area contributed by atoms with Gasteiger partial charge in [0.25, 0.3) is 0 Å². The molecular formula is C3H7Ir-. The maximum atomic E-state index is 3.49. The van der Waals surface area contributed by atoms with Crippen LogP contribution in [0.15, 0.2) is 0 Å². The molecule has 0 aromatic carbocycles. The minimum Gasteiger partial charge on any atom is -0.344 e. The fourth-order valence-corrected chi connectivity index (χ4v) is 0. The molecule has 0 spiro atoms. The fourth-order valence-electron chi connectivity index (χ4n) is 0. The standard InChI is InChI=1S/C3H7.Ir/c1-3-2;/h1,3H2,2H3;/q-1;. The minimum absolute atomic E-state index is 0. The summed E-state index contributed by atoms with van der Waals surface area (Å²) < 4.78 is 0. The second kappa shape index (κ2) is 9.42. The van der Waals surface area contributed by atoms with Crippen LogP contribution in [0.25, 0.3) is 0 Å². The molecule has 0 unspecified atom stereocenters. The maximum absolute atomic E-state index is 3.49. The molecule has 0 saturated carbocycles. The SMILES string of the molecule is [CH2-]CC.[Ir]. The van der Waals surface area contributed by atoms with Crippen LogP contribution in [0, 0.1) is 6.92 Å². The molecule has 0 aromatic heterocycles. The van der Waals surface area contributed by atoms with Gasteiger partial charge in [-0.3, -0.25) is 0 Å². The molecule has 1 radical (unpaired) electrons. The summed E-state index contributed by atoms with van der Waals surface area (Å²) in [5.41, 5.74) is 0. The van der Waals surface area contributed by atoms with Crippen LogP contribution in [0.3, 0.4) is 0 Å². The van der Waals surface area contributed by atoms with Gasteiger partial charge in [0.1, 0.15) is 0 Å². The van der Waals surface area contributed by atoms with Crippen LogP contribution in [-0.4, -0.2) is 0 Å². The Bertz CT molecular complexity index is 3.25. The molecule has 0 saturated heterocycles. The molecule has 0 aliphatic rings. The van der Waals surface area contributed by atoms with Gasteiger partial charge in [-0.15, -0.1) is 0 Å². The Kier molecular flexibility index (Phi) is 20.8. The summed E-state index contributed by atoms with van der Waals surface area (Å²) >= 11 is 0. The van der Waals surface area contributed by atoms with Crippen molar-refractivity contribution in [3.05, 3.63) is 6.92 Å². The third-order valence-corrected chi connectivity index (χ3v) is 0. The Morgan fingerprint density at radius 2 is 1.75 bits per heavy atom. The van der Waals surface area contributed by atoms with Crippen molar-refractivity contribution in [2.75, 3.05) is 0 Å². The van der Waals surface area contributed by atoms with E-state index >= 15 is 0 Å². The Hall–Kier alpha value is 0.649. The van der Waals surface area contributed by atoms with Gasteiger partial charge < -0.3 is 6.92 Å². The number of hydrogen-bond acceptors (Lipinski definition) is 0. The van der Waals surface area contributed by atoms with E-state index in [1.54, 1.807) is 0 Å². The second-order valence-corrected chi connectivity index (χ2v) is 0.500. The summed E-state index contributed by atoms with van der Waals surface area (Å²) in [4.78, 5) is 0. The number of hydrogen-bond donors (Lipinski definition) is 0. The molecular weight excluding hydrogens is 228 g/mol. The van der Waals surface area contributed by atoms with Crippen LogP contribution in [-0.2, 0) is 20.1 Å². The average Bonchev–Trinajstić information content (AvgIpc) is 0.918. The van der Waals surface area contributed by atoms with Crippen LogP contribution in [0.2, 0.25) is 0 Å². The van der Waals surface area contributed by atoms with Gasteiger partial charge in [-0.2, -0.15) is 6.42 Å². The molecule has 0 amide bonds. The van der Waals surface area contributed by atoms with E-state index in [0.717, 1.165) is 6.42 Å². The van der Waals surface area contributed by atoms with E-state index in [2.05, 4.69) is 6.92 Å². The normalized spacial score (nSPS) is 4.50. The van der Waals surface area contributed by atoms with Crippen molar-refractivity contribution in [3.8, 4) is 0 Å². The summed E-state index contributed by atoms with van der Waals surface area (Å²) in [6.07, 6.45) is 1.00. The van der Waals surface area contributed by atoms with E-state index in [4.69, 9.17) is 0 Å². The van der Waals surface area contributed by atoms with Crippen LogP contribution in [0.1, 0.15) is 13.3 Å². The molecule has 0 atom stereocenters. The molecule has 0 rings (SSSR count). The van der Waals surface area contributed by atoms with Crippen LogP contribution in [0.4, 0.5) is 0 Å². The van der Waals surface area contributed by atoms with Crippen LogP contribution in [0.5, 0.6) is 0 Å². The molecule has 0 aliphatic carbocycles. The predicted octanol–water partition coefficient (Wildman–Crippen LogP) is 1.23. The predicted molar refractivity (Wildman–Crippen MR) is 15.6 cm³/mol. The van der Waals surface area contributed by atoms with Gasteiger partial charge in [0.15, 0.2) is 0 Å². The molecule has 29 valence electrons. The Labute approximate surface area is 40.9 Å². The van der Waals surface area contributed by atoms with E-state index in [-0.39, 0.29) is 20.1 Å².